The van der Waals surface area contributed by atoms with Gasteiger partial charge < -0.3 is 14.8 Å². The lowest BCUT2D eigenvalue weighted by atomic mass is 10.1. The van der Waals surface area contributed by atoms with Gasteiger partial charge in [-0.2, -0.15) is 0 Å². The molecule has 0 spiro atoms. The summed E-state index contributed by atoms with van der Waals surface area (Å²) < 4.78 is 10.6. The minimum absolute atomic E-state index is 0.0337. The highest BCUT2D eigenvalue weighted by Gasteiger charge is 2.10. The standard InChI is InChI=1S/C20H20N2O3S/c1-13(23)21-11-14-4-6-15(7-5-14)20-22-17(12-26-20)16-8-9-18(24-2)19(10-16)25-3/h4-10,12H,11H2,1-3H3,(H,21,23). The van der Waals surface area contributed by atoms with Crippen molar-refractivity contribution in [3.8, 4) is 33.3 Å². The average molecular weight is 368 g/mol. The zero-order valence-corrected chi connectivity index (χ0v) is 15.7. The summed E-state index contributed by atoms with van der Waals surface area (Å²) in [6, 6.07) is 13.8. The maximum atomic E-state index is 11.0. The highest BCUT2D eigenvalue weighted by Crippen LogP contribution is 2.34. The summed E-state index contributed by atoms with van der Waals surface area (Å²) in [5, 5.41) is 5.77. The number of carbonyl (C=O) groups excluding carboxylic acids is 1. The average Bonchev–Trinajstić information content (AvgIpc) is 3.16. The fourth-order valence-corrected chi connectivity index (χ4v) is 3.36. The third-order valence-corrected chi connectivity index (χ3v) is 4.82. The van der Waals surface area contributed by atoms with Crippen LogP contribution in [0.4, 0.5) is 0 Å². The molecule has 0 unspecified atom stereocenters. The van der Waals surface area contributed by atoms with Crippen LogP contribution in [0.15, 0.2) is 47.8 Å². The molecule has 3 aromatic rings. The number of nitrogens with zero attached hydrogens (tertiary/aromatic N) is 1. The quantitative estimate of drug-likeness (QED) is 0.711. The molecule has 0 atom stereocenters. The van der Waals surface area contributed by atoms with Gasteiger partial charge in [-0.1, -0.05) is 24.3 Å². The van der Waals surface area contributed by atoms with Crippen molar-refractivity contribution < 1.29 is 14.3 Å². The van der Waals surface area contributed by atoms with Gasteiger partial charge in [-0.15, -0.1) is 11.3 Å². The molecule has 134 valence electrons. The number of hydrogen-bond acceptors (Lipinski definition) is 5. The van der Waals surface area contributed by atoms with Gasteiger partial charge in [-0.3, -0.25) is 4.79 Å². The van der Waals surface area contributed by atoms with Crippen LogP contribution < -0.4 is 14.8 Å². The van der Waals surface area contributed by atoms with Crippen LogP contribution in [0.1, 0.15) is 12.5 Å². The zero-order chi connectivity index (χ0) is 18.5. The van der Waals surface area contributed by atoms with Crippen LogP contribution in [-0.4, -0.2) is 25.1 Å². The van der Waals surface area contributed by atoms with E-state index in [1.165, 1.54) is 6.92 Å². The predicted octanol–water partition coefficient (Wildman–Crippen LogP) is 4.13. The second-order valence-corrected chi connectivity index (χ2v) is 6.57. The molecule has 0 aliphatic carbocycles. The Kier molecular flexibility index (Phi) is 5.53. The molecule has 0 bridgehead atoms. The van der Waals surface area contributed by atoms with Gasteiger partial charge in [0.05, 0.1) is 19.9 Å². The van der Waals surface area contributed by atoms with Gasteiger partial charge in [-0.25, -0.2) is 4.98 Å². The first-order valence-electron chi connectivity index (χ1n) is 8.12. The van der Waals surface area contributed by atoms with Crippen molar-refractivity contribution in [2.24, 2.45) is 0 Å². The number of aromatic nitrogens is 1. The van der Waals surface area contributed by atoms with Crippen LogP contribution in [0.3, 0.4) is 0 Å². The van der Waals surface area contributed by atoms with E-state index in [9.17, 15) is 4.79 Å². The Bertz CT molecular complexity index is 904. The molecule has 0 saturated carbocycles. The molecule has 0 fully saturated rings. The maximum Gasteiger partial charge on any atom is 0.217 e. The van der Waals surface area contributed by atoms with Crippen LogP contribution in [0.25, 0.3) is 21.8 Å². The van der Waals surface area contributed by atoms with E-state index < -0.39 is 0 Å². The first-order chi connectivity index (χ1) is 12.6. The first-order valence-corrected chi connectivity index (χ1v) is 9.00. The lowest BCUT2D eigenvalue weighted by molar-refractivity contribution is -0.119. The topological polar surface area (TPSA) is 60.5 Å². The molecular formula is C20H20N2O3S. The van der Waals surface area contributed by atoms with Gasteiger partial charge in [0.25, 0.3) is 0 Å². The van der Waals surface area contributed by atoms with Crippen molar-refractivity contribution in [1.82, 2.24) is 10.3 Å². The lowest BCUT2D eigenvalue weighted by Crippen LogP contribution is -2.18. The number of nitrogens with one attached hydrogen (secondary N) is 1. The molecule has 0 aliphatic heterocycles. The summed E-state index contributed by atoms with van der Waals surface area (Å²) in [5.74, 6) is 1.34. The molecule has 3 rings (SSSR count). The van der Waals surface area contributed by atoms with Crippen LogP contribution in [0.5, 0.6) is 11.5 Å². The summed E-state index contributed by atoms with van der Waals surface area (Å²) in [4.78, 5) is 15.7. The molecule has 6 heteroatoms. The second-order valence-electron chi connectivity index (χ2n) is 5.71. The van der Waals surface area contributed by atoms with Gasteiger partial charge in [0, 0.05) is 30.0 Å². The summed E-state index contributed by atoms with van der Waals surface area (Å²) >= 11 is 1.59. The zero-order valence-electron chi connectivity index (χ0n) is 14.9. The largest absolute Gasteiger partial charge is 0.493 e. The third-order valence-electron chi connectivity index (χ3n) is 3.93. The maximum absolute atomic E-state index is 11.0. The second kappa shape index (κ2) is 8.01. The van der Waals surface area contributed by atoms with Gasteiger partial charge in [0.2, 0.25) is 5.91 Å². The van der Waals surface area contributed by atoms with E-state index >= 15 is 0 Å². The monoisotopic (exact) mass is 368 g/mol. The number of carbonyl (C=O) groups is 1. The Morgan fingerprint density at radius 3 is 2.38 bits per heavy atom. The molecule has 1 heterocycles. The Morgan fingerprint density at radius 1 is 1.04 bits per heavy atom. The number of thiazole rings is 1. The number of amides is 1. The number of rotatable bonds is 6. The lowest BCUT2D eigenvalue weighted by Gasteiger charge is -2.08. The number of benzene rings is 2. The summed E-state index contributed by atoms with van der Waals surface area (Å²) in [6.45, 7) is 2.05. The summed E-state index contributed by atoms with van der Waals surface area (Å²) in [7, 11) is 3.24. The number of ether oxygens (including phenoxy) is 2. The summed E-state index contributed by atoms with van der Waals surface area (Å²) in [5.41, 5.74) is 3.98. The molecule has 0 radical (unpaired) electrons. The SMILES string of the molecule is COc1ccc(-c2csc(-c3ccc(CNC(C)=O)cc3)n2)cc1OC. The Hall–Kier alpha value is -2.86. The first kappa shape index (κ1) is 17.9. The van der Waals surface area contributed by atoms with E-state index in [0.717, 1.165) is 27.4 Å². The van der Waals surface area contributed by atoms with Crippen molar-refractivity contribution in [2.45, 2.75) is 13.5 Å². The molecule has 26 heavy (non-hydrogen) atoms. The smallest absolute Gasteiger partial charge is 0.217 e. The summed E-state index contributed by atoms with van der Waals surface area (Å²) in [6.07, 6.45) is 0. The van der Waals surface area contributed by atoms with Gasteiger partial charge in [0.1, 0.15) is 5.01 Å². The van der Waals surface area contributed by atoms with Crippen LogP contribution in [0, 0.1) is 0 Å². The molecule has 0 saturated heterocycles. The fourth-order valence-electron chi connectivity index (χ4n) is 2.53. The van der Waals surface area contributed by atoms with Gasteiger partial charge in [0.15, 0.2) is 11.5 Å². The van der Waals surface area contributed by atoms with Crippen LogP contribution in [-0.2, 0) is 11.3 Å². The Labute approximate surface area is 156 Å². The van der Waals surface area contributed by atoms with E-state index in [0.29, 0.717) is 18.0 Å². The minimum atomic E-state index is -0.0337. The molecule has 1 aromatic heterocycles. The number of hydrogen-bond donors (Lipinski definition) is 1. The Balaban J connectivity index is 1.80. The van der Waals surface area contributed by atoms with Crippen LogP contribution >= 0.6 is 11.3 Å². The molecular weight excluding hydrogens is 348 g/mol. The highest BCUT2D eigenvalue weighted by molar-refractivity contribution is 7.13. The van der Waals surface area contributed by atoms with Gasteiger partial charge >= 0.3 is 0 Å². The van der Waals surface area contributed by atoms with E-state index in [4.69, 9.17) is 14.5 Å². The molecule has 5 nitrogen and oxygen atoms in total. The van der Waals surface area contributed by atoms with Crippen molar-refractivity contribution in [3.05, 3.63) is 53.4 Å². The predicted molar refractivity (Wildman–Crippen MR) is 104 cm³/mol. The third kappa shape index (κ3) is 4.03. The van der Waals surface area contributed by atoms with Crippen molar-refractivity contribution in [2.75, 3.05) is 14.2 Å². The van der Waals surface area contributed by atoms with Crippen molar-refractivity contribution >= 4 is 17.2 Å². The number of methoxy groups -OCH3 is 2. The van der Waals surface area contributed by atoms with Crippen LogP contribution in [0.2, 0.25) is 0 Å². The van der Waals surface area contributed by atoms with Crippen molar-refractivity contribution in [3.63, 3.8) is 0 Å². The van der Waals surface area contributed by atoms with E-state index in [1.807, 2.05) is 47.8 Å². The minimum Gasteiger partial charge on any atom is -0.493 e. The highest BCUT2D eigenvalue weighted by atomic mass is 32.1. The fraction of sp³-hybridized carbons (Fsp3) is 0.200. The molecule has 1 amide bonds. The Morgan fingerprint density at radius 2 is 1.73 bits per heavy atom. The van der Waals surface area contributed by atoms with E-state index in [2.05, 4.69) is 5.32 Å². The van der Waals surface area contributed by atoms with E-state index in [-0.39, 0.29) is 5.91 Å². The van der Waals surface area contributed by atoms with Crippen molar-refractivity contribution in [1.29, 1.82) is 0 Å². The van der Waals surface area contributed by atoms with Gasteiger partial charge in [-0.05, 0) is 23.8 Å². The molecule has 0 aliphatic rings. The van der Waals surface area contributed by atoms with E-state index in [1.54, 1.807) is 25.6 Å². The normalized spacial score (nSPS) is 10.4. The molecule has 1 N–H and O–H groups in total. The molecule has 2 aromatic carbocycles.